The molecule has 0 radical (unpaired) electrons. The fraction of sp³-hybridized carbons (Fsp3) is 1.00. The predicted molar refractivity (Wildman–Crippen MR) is 76.5 cm³/mol. The lowest BCUT2D eigenvalue weighted by Gasteiger charge is -2.26. The van der Waals surface area contributed by atoms with Crippen molar-refractivity contribution in [3.8, 4) is 0 Å². The van der Waals surface area contributed by atoms with Crippen LogP contribution in [0.25, 0.3) is 0 Å². The van der Waals surface area contributed by atoms with Crippen molar-refractivity contribution in [2.24, 2.45) is 5.92 Å². The maximum absolute atomic E-state index is 10.9. The van der Waals surface area contributed by atoms with Gasteiger partial charge >= 0.3 is 0 Å². The van der Waals surface area contributed by atoms with Gasteiger partial charge in [0.2, 0.25) is 0 Å². The average Bonchev–Trinajstić information content (AvgIpc) is 2.24. The van der Waals surface area contributed by atoms with Gasteiger partial charge in [-0.15, -0.1) is 0 Å². The Bertz CT molecular complexity index is 296. The van der Waals surface area contributed by atoms with Gasteiger partial charge in [0.25, 0.3) is 0 Å². The van der Waals surface area contributed by atoms with Crippen LogP contribution in [0.3, 0.4) is 0 Å². The molecule has 0 bridgehead atoms. The number of thioether (sulfide) groups is 1. The topological polar surface area (TPSA) is 46.2 Å². The maximum Gasteiger partial charge on any atom is 0.148 e. The molecular weight excluding hydrogens is 254 g/mol. The summed E-state index contributed by atoms with van der Waals surface area (Å²) in [4.78, 5) is 0. The summed E-state index contributed by atoms with van der Waals surface area (Å²) in [7, 11) is -2.78. The Morgan fingerprint density at radius 3 is 2.41 bits per heavy atom. The van der Waals surface area contributed by atoms with Crippen molar-refractivity contribution in [2.45, 2.75) is 38.6 Å². The highest BCUT2D eigenvalue weighted by molar-refractivity contribution is 8.00. The van der Waals surface area contributed by atoms with Gasteiger partial charge in [-0.3, -0.25) is 0 Å². The summed E-state index contributed by atoms with van der Waals surface area (Å²) in [5, 5.41) is 3.57. The molecule has 102 valence electrons. The van der Waals surface area contributed by atoms with E-state index in [1.165, 1.54) is 31.9 Å². The Balaban J connectivity index is 1.94. The first-order chi connectivity index (χ1) is 7.97. The van der Waals surface area contributed by atoms with Crippen molar-refractivity contribution in [2.75, 3.05) is 30.1 Å². The fourth-order valence-corrected chi connectivity index (χ4v) is 4.26. The van der Waals surface area contributed by atoms with Gasteiger partial charge in [-0.25, -0.2) is 8.42 Å². The van der Waals surface area contributed by atoms with Crippen LogP contribution in [0.4, 0.5) is 0 Å². The molecule has 0 aromatic carbocycles. The molecule has 0 aromatic rings. The van der Waals surface area contributed by atoms with E-state index < -0.39 is 9.84 Å². The van der Waals surface area contributed by atoms with Gasteiger partial charge in [-0.1, -0.05) is 6.92 Å². The molecule has 0 spiro atoms. The minimum atomic E-state index is -2.78. The van der Waals surface area contributed by atoms with Gasteiger partial charge in [-0.2, -0.15) is 11.8 Å². The van der Waals surface area contributed by atoms with Crippen LogP contribution in [0.1, 0.15) is 32.6 Å². The van der Waals surface area contributed by atoms with E-state index in [-0.39, 0.29) is 0 Å². The first-order valence-electron chi connectivity index (χ1n) is 6.46. The molecule has 0 heterocycles. The summed E-state index contributed by atoms with van der Waals surface area (Å²) in [5.74, 6) is 2.94. The van der Waals surface area contributed by atoms with E-state index in [9.17, 15) is 8.42 Å². The Morgan fingerprint density at radius 2 is 1.82 bits per heavy atom. The van der Waals surface area contributed by atoms with Crippen molar-refractivity contribution >= 4 is 21.6 Å². The first-order valence-corrected chi connectivity index (χ1v) is 9.68. The lowest BCUT2D eigenvalue weighted by molar-refractivity contribution is 0.312. The summed E-state index contributed by atoms with van der Waals surface area (Å²) < 4.78 is 21.8. The van der Waals surface area contributed by atoms with Crippen LogP contribution < -0.4 is 5.32 Å². The number of hydrogen-bond acceptors (Lipinski definition) is 4. The molecule has 0 saturated heterocycles. The van der Waals surface area contributed by atoms with Crippen molar-refractivity contribution in [1.82, 2.24) is 5.32 Å². The molecule has 0 unspecified atom stereocenters. The van der Waals surface area contributed by atoms with Gasteiger partial charge in [0.1, 0.15) is 9.84 Å². The van der Waals surface area contributed by atoms with E-state index in [0.717, 1.165) is 24.0 Å². The fourth-order valence-electron chi connectivity index (χ4n) is 2.11. The van der Waals surface area contributed by atoms with Gasteiger partial charge in [-0.05, 0) is 31.6 Å². The van der Waals surface area contributed by atoms with Crippen molar-refractivity contribution < 1.29 is 8.42 Å². The number of hydrogen-bond donors (Lipinski definition) is 1. The largest absolute Gasteiger partial charge is 0.313 e. The zero-order valence-electron chi connectivity index (χ0n) is 10.9. The molecule has 1 aliphatic carbocycles. The van der Waals surface area contributed by atoms with E-state index in [4.69, 9.17) is 0 Å². The van der Waals surface area contributed by atoms with E-state index >= 15 is 0 Å². The van der Waals surface area contributed by atoms with Gasteiger partial charge in [0.05, 0.1) is 5.75 Å². The third-order valence-corrected chi connectivity index (χ3v) is 5.48. The molecule has 0 aromatic heterocycles. The van der Waals surface area contributed by atoms with E-state index in [1.54, 1.807) is 11.8 Å². The molecule has 1 N–H and O–H groups in total. The minimum absolute atomic E-state index is 0.304. The van der Waals surface area contributed by atoms with Gasteiger partial charge in [0, 0.05) is 30.3 Å². The summed E-state index contributed by atoms with van der Waals surface area (Å²) in [6, 6.07) is 0.696. The van der Waals surface area contributed by atoms with Crippen LogP contribution in [-0.4, -0.2) is 44.5 Å². The molecule has 0 amide bonds. The second-order valence-electron chi connectivity index (χ2n) is 5.15. The molecule has 0 atom stereocenters. The quantitative estimate of drug-likeness (QED) is 0.723. The molecule has 5 heteroatoms. The SMILES string of the molecule is CC1CCC(NCCSCCS(C)(=O)=O)CC1. The zero-order chi connectivity index (χ0) is 12.7. The highest BCUT2D eigenvalue weighted by atomic mass is 32.2. The van der Waals surface area contributed by atoms with Gasteiger partial charge < -0.3 is 5.32 Å². The van der Waals surface area contributed by atoms with Crippen molar-refractivity contribution in [3.05, 3.63) is 0 Å². The molecule has 1 fully saturated rings. The average molecular weight is 279 g/mol. The molecule has 1 rings (SSSR count). The molecule has 3 nitrogen and oxygen atoms in total. The first kappa shape index (κ1) is 15.3. The summed E-state index contributed by atoms with van der Waals surface area (Å²) >= 11 is 1.73. The number of rotatable bonds is 7. The van der Waals surface area contributed by atoms with E-state index in [2.05, 4.69) is 12.2 Å². The molecule has 0 aliphatic heterocycles. The smallest absolute Gasteiger partial charge is 0.148 e. The van der Waals surface area contributed by atoms with Gasteiger partial charge in [0.15, 0.2) is 0 Å². The lowest BCUT2D eigenvalue weighted by Crippen LogP contribution is -2.34. The number of nitrogens with one attached hydrogen (secondary N) is 1. The Morgan fingerprint density at radius 1 is 1.18 bits per heavy atom. The molecule has 1 aliphatic rings. The summed E-state index contributed by atoms with van der Waals surface area (Å²) in [6.45, 7) is 3.34. The Labute approximate surface area is 110 Å². The molecule has 1 saturated carbocycles. The van der Waals surface area contributed by atoms with Crippen LogP contribution in [0, 0.1) is 5.92 Å². The highest BCUT2D eigenvalue weighted by Crippen LogP contribution is 2.23. The Kier molecular flexibility index (Phi) is 6.89. The Hall–Kier alpha value is 0.260. The van der Waals surface area contributed by atoms with Crippen LogP contribution in [0.2, 0.25) is 0 Å². The van der Waals surface area contributed by atoms with Crippen molar-refractivity contribution in [1.29, 1.82) is 0 Å². The second-order valence-corrected chi connectivity index (χ2v) is 8.64. The van der Waals surface area contributed by atoms with E-state index in [1.807, 2.05) is 0 Å². The van der Waals surface area contributed by atoms with E-state index in [0.29, 0.717) is 11.8 Å². The van der Waals surface area contributed by atoms with Crippen LogP contribution >= 0.6 is 11.8 Å². The van der Waals surface area contributed by atoms with Crippen LogP contribution in [0.5, 0.6) is 0 Å². The highest BCUT2D eigenvalue weighted by Gasteiger charge is 2.16. The molecular formula is C12H25NO2S2. The number of sulfone groups is 1. The third kappa shape index (κ3) is 8.06. The van der Waals surface area contributed by atoms with Crippen LogP contribution in [-0.2, 0) is 9.84 Å². The zero-order valence-corrected chi connectivity index (χ0v) is 12.6. The minimum Gasteiger partial charge on any atom is -0.313 e. The predicted octanol–water partition coefficient (Wildman–Crippen LogP) is 1.93. The monoisotopic (exact) mass is 279 g/mol. The normalized spacial score (nSPS) is 26.0. The second kappa shape index (κ2) is 7.64. The molecule has 17 heavy (non-hydrogen) atoms. The summed E-state index contributed by atoms with van der Waals surface area (Å²) in [6.07, 6.45) is 6.59. The van der Waals surface area contributed by atoms with Crippen molar-refractivity contribution in [3.63, 3.8) is 0 Å². The third-order valence-electron chi connectivity index (χ3n) is 3.29. The maximum atomic E-state index is 10.9. The lowest BCUT2D eigenvalue weighted by atomic mass is 9.87. The standard InChI is InChI=1S/C12H25NO2S2/c1-11-3-5-12(6-4-11)13-7-8-16-9-10-17(2,14)15/h11-13H,3-10H2,1-2H3. The van der Waals surface area contributed by atoms with Crippen LogP contribution in [0.15, 0.2) is 0 Å². The summed E-state index contributed by atoms with van der Waals surface area (Å²) in [5.41, 5.74) is 0.